The third kappa shape index (κ3) is 3.38. The highest BCUT2D eigenvalue weighted by Crippen LogP contribution is 2.20. The first kappa shape index (κ1) is 15.4. The summed E-state index contributed by atoms with van der Waals surface area (Å²) in [5.41, 5.74) is 1.65. The number of halogens is 1. The molecular weight excluding hydrogens is 346 g/mol. The van der Waals surface area contributed by atoms with E-state index in [1.807, 2.05) is 19.1 Å². The molecule has 0 radical (unpaired) electrons. The van der Waals surface area contributed by atoms with Crippen molar-refractivity contribution in [1.82, 2.24) is 9.21 Å². The highest BCUT2D eigenvalue weighted by Gasteiger charge is 2.27. The summed E-state index contributed by atoms with van der Waals surface area (Å²) in [5.74, 6) is -0.106. The van der Waals surface area contributed by atoms with Crippen molar-refractivity contribution in [3.63, 3.8) is 0 Å². The topological polar surface area (TPSA) is 83.7 Å². The number of benzene rings is 1. The van der Waals surface area contributed by atoms with Crippen LogP contribution in [-0.4, -0.2) is 49.7 Å². The Bertz CT molecular complexity index is 625. The number of nitrogens with zero attached hydrogens (tertiary/aromatic N) is 2. The van der Waals surface area contributed by atoms with Crippen LogP contribution >= 0.6 is 15.9 Å². The van der Waals surface area contributed by atoms with E-state index in [0.29, 0.717) is 18.7 Å². The Balaban J connectivity index is 2.09. The molecule has 0 aromatic heterocycles. The van der Waals surface area contributed by atoms with Crippen molar-refractivity contribution in [3.8, 4) is 0 Å². The standard InChI is InChI=1S/C12H16BrN3O3S/c1-9-2-3-10(11(13)8-9)12(17)15-4-6-16(7-5-15)20(14,18)19/h2-3,8H,4-7H2,1H3,(H2,14,18,19). The van der Waals surface area contributed by atoms with Crippen LogP contribution in [0.3, 0.4) is 0 Å². The molecule has 6 nitrogen and oxygen atoms in total. The van der Waals surface area contributed by atoms with Crippen LogP contribution in [0.15, 0.2) is 22.7 Å². The minimum absolute atomic E-state index is 0.106. The first-order valence-electron chi connectivity index (χ1n) is 6.12. The van der Waals surface area contributed by atoms with Gasteiger partial charge in [0, 0.05) is 30.7 Å². The van der Waals surface area contributed by atoms with E-state index in [1.165, 1.54) is 4.31 Å². The van der Waals surface area contributed by atoms with E-state index in [-0.39, 0.29) is 19.0 Å². The average molecular weight is 362 g/mol. The predicted octanol–water partition coefficient (Wildman–Crippen LogP) is 0.719. The lowest BCUT2D eigenvalue weighted by Crippen LogP contribution is -2.52. The zero-order valence-corrected chi connectivity index (χ0v) is 13.4. The zero-order chi connectivity index (χ0) is 14.9. The number of aryl methyl sites for hydroxylation is 1. The lowest BCUT2D eigenvalue weighted by atomic mass is 10.1. The van der Waals surface area contributed by atoms with Crippen LogP contribution < -0.4 is 5.14 Å². The van der Waals surface area contributed by atoms with Crippen molar-refractivity contribution in [2.45, 2.75) is 6.92 Å². The molecule has 2 N–H and O–H groups in total. The van der Waals surface area contributed by atoms with Gasteiger partial charge >= 0.3 is 0 Å². The summed E-state index contributed by atoms with van der Waals surface area (Å²) < 4.78 is 24.4. The second-order valence-corrected chi connectivity index (χ2v) is 7.12. The second-order valence-electron chi connectivity index (χ2n) is 4.72. The summed E-state index contributed by atoms with van der Waals surface area (Å²) in [6.45, 7) is 3.09. The zero-order valence-electron chi connectivity index (χ0n) is 11.0. The summed E-state index contributed by atoms with van der Waals surface area (Å²) in [6, 6.07) is 5.53. The van der Waals surface area contributed by atoms with E-state index in [2.05, 4.69) is 15.9 Å². The third-order valence-electron chi connectivity index (χ3n) is 3.24. The molecular formula is C12H16BrN3O3S. The summed E-state index contributed by atoms with van der Waals surface area (Å²) in [5, 5.41) is 5.07. The van der Waals surface area contributed by atoms with E-state index in [9.17, 15) is 13.2 Å². The van der Waals surface area contributed by atoms with Crippen LogP contribution in [0.4, 0.5) is 0 Å². The number of piperazine rings is 1. The van der Waals surface area contributed by atoms with Crippen LogP contribution in [0.5, 0.6) is 0 Å². The van der Waals surface area contributed by atoms with E-state index in [0.717, 1.165) is 10.0 Å². The average Bonchev–Trinajstić information content (AvgIpc) is 2.37. The van der Waals surface area contributed by atoms with Crippen LogP contribution in [0.2, 0.25) is 0 Å². The maximum Gasteiger partial charge on any atom is 0.277 e. The molecule has 1 aromatic carbocycles. The van der Waals surface area contributed by atoms with Gasteiger partial charge in [-0.25, -0.2) is 5.14 Å². The lowest BCUT2D eigenvalue weighted by molar-refractivity contribution is 0.0697. The minimum atomic E-state index is -3.67. The van der Waals surface area contributed by atoms with Crippen LogP contribution in [-0.2, 0) is 10.2 Å². The molecule has 0 bridgehead atoms. The van der Waals surface area contributed by atoms with Crippen molar-refractivity contribution in [2.75, 3.05) is 26.2 Å². The van der Waals surface area contributed by atoms with Crippen LogP contribution in [0, 0.1) is 6.92 Å². The Morgan fingerprint density at radius 1 is 1.25 bits per heavy atom. The fourth-order valence-corrected chi connectivity index (χ4v) is 3.44. The number of carbonyl (C=O) groups excluding carboxylic acids is 1. The Hall–Kier alpha value is -0.960. The first-order valence-corrected chi connectivity index (χ1v) is 8.42. The van der Waals surface area contributed by atoms with Crippen molar-refractivity contribution in [1.29, 1.82) is 0 Å². The van der Waals surface area contributed by atoms with Crippen molar-refractivity contribution < 1.29 is 13.2 Å². The monoisotopic (exact) mass is 361 g/mol. The highest BCUT2D eigenvalue weighted by atomic mass is 79.9. The fraction of sp³-hybridized carbons (Fsp3) is 0.417. The molecule has 1 aliphatic rings. The summed E-state index contributed by atoms with van der Waals surface area (Å²) in [7, 11) is -3.67. The van der Waals surface area contributed by atoms with E-state index in [4.69, 9.17) is 5.14 Å². The number of nitrogens with two attached hydrogens (primary N) is 1. The van der Waals surface area contributed by atoms with Crippen molar-refractivity contribution in [3.05, 3.63) is 33.8 Å². The second kappa shape index (κ2) is 5.80. The Kier molecular flexibility index (Phi) is 4.48. The molecule has 8 heteroatoms. The maximum atomic E-state index is 12.4. The SMILES string of the molecule is Cc1ccc(C(=O)N2CCN(S(N)(=O)=O)CC2)c(Br)c1. The normalized spacial score (nSPS) is 17.2. The van der Waals surface area contributed by atoms with E-state index >= 15 is 0 Å². The molecule has 1 saturated heterocycles. The molecule has 0 spiro atoms. The summed E-state index contributed by atoms with van der Waals surface area (Å²) in [4.78, 5) is 14.0. The van der Waals surface area contributed by atoms with Gasteiger partial charge < -0.3 is 4.90 Å². The van der Waals surface area contributed by atoms with Gasteiger partial charge in [-0.15, -0.1) is 0 Å². The molecule has 0 atom stereocenters. The first-order chi connectivity index (χ1) is 9.29. The number of amides is 1. The van der Waals surface area contributed by atoms with E-state index < -0.39 is 10.2 Å². The molecule has 2 rings (SSSR count). The van der Waals surface area contributed by atoms with Gasteiger partial charge in [0.05, 0.1) is 5.56 Å². The van der Waals surface area contributed by atoms with Gasteiger partial charge in [0.2, 0.25) is 0 Å². The lowest BCUT2D eigenvalue weighted by Gasteiger charge is -2.33. The largest absolute Gasteiger partial charge is 0.336 e. The molecule has 1 aromatic rings. The van der Waals surface area contributed by atoms with Gasteiger partial charge in [-0.2, -0.15) is 12.7 Å². The Labute approximate surface area is 126 Å². The highest BCUT2D eigenvalue weighted by molar-refractivity contribution is 9.10. The molecule has 1 amide bonds. The quantitative estimate of drug-likeness (QED) is 0.842. The van der Waals surface area contributed by atoms with Gasteiger partial charge in [0.15, 0.2) is 0 Å². The molecule has 0 unspecified atom stereocenters. The van der Waals surface area contributed by atoms with Gasteiger partial charge in [-0.1, -0.05) is 6.07 Å². The van der Waals surface area contributed by atoms with Gasteiger partial charge in [-0.3, -0.25) is 4.79 Å². The number of hydrogen-bond donors (Lipinski definition) is 1. The van der Waals surface area contributed by atoms with Crippen molar-refractivity contribution in [2.24, 2.45) is 5.14 Å². The molecule has 0 aliphatic carbocycles. The molecule has 1 heterocycles. The van der Waals surface area contributed by atoms with Gasteiger partial charge in [-0.05, 0) is 40.5 Å². The minimum Gasteiger partial charge on any atom is -0.336 e. The molecule has 1 aliphatic heterocycles. The maximum absolute atomic E-state index is 12.4. The Morgan fingerprint density at radius 3 is 2.35 bits per heavy atom. The fourth-order valence-electron chi connectivity index (χ4n) is 2.11. The van der Waals surface area contributed by atoms with Gasteiger partial charge in [0.25, 0.3) is 16.1 Å². The number of carbonyl (C=O) groups is 1. The molecule has 20 heavy (non-hydrogen) atoms. The number of hydrogen-bond acceptors (Lipinski definition) is 3. The summed E-state index contributed by atoms with van der Waals surface area (Å²) >= 11 is 3.38. The molecule has 0 saturated carbocycles. The van der Waals surface area contributed by atoms with Gasteiger partial charge in [0.1, 0.15) is 0 Å². The predicted molar refractivity (Wildman–Crippen MR) is 79.5 cm³/mol. The van der Waals surface area contributed by atoms with Crippen LogP contribution in [0.25, 0.3) is 0 Å². The molecule has 1 fully saturated rings. The number of rotatable bonds is 2. The molecule has 110 valence electrons. The van der Waals surface area contributed by atoms with E-state index in [1.54, 1.807) is 11.0 Å². The summed E-state index contributed by atoms with van der Waals surface area (Å²) in [6.07, 6.45) is 0. The smallest absolute Gasteiger partial charge is 0.277 e. The Morgan fingerprint density at radius 2 is 1.85 bits per heavy atom. The van der Waals surface area contributed by atoms with Crippen LogP contribution in [0.1, 0.15) is 15.9 Å². The third-order valence-corrected chi connectivity index (χ3v) is 4.98. The van der Waals surface area contributed by atoms with Crippen molar-refractivity contribution >= 4 is 32.0 Å².